The Kier molecular flexibility index (Phi) is 4.31. The summed E-state index contributed by atoms with van der Waals surface area (Å²) in [5, 5.41) is 7.37. The zero-order valence-corrected chi connectivity index (χ0v) is 12.5. The molecule has 0 bridgehead atoms. The predicted molar refractivity (Wildman–Crippen MR) is 86.5 cm³/mol. The number of nitrogens with one attached hydrogen (secondary N) is 1. The number of rotatable bonds is 5. The second-order valence-electron chi connectivity index (χ2n) is 4.61. The molecule has 102 valence electrons. The Balaban J connectivity index is 1.67. The number of nitrogens with zero attached hydrogens (tertiary/aromatic N) is 1. The van der Waals surface area contributed by atoms with E-state index >= 15 is 0 Å². The highest BCUT2D eigenvalue weighted by atomic mass is 35.5. The molecule has 0 fully saturated rings. The van der Waals surface area contributed by atoms with E-state index in [0.29, 0.717) is 0 Å². The lowest BCUT2D eigenvalue weighted by molar-refractivity contribution is 0.693. The van der Waals surface area contributed by atoms with E-state index < -0.39 is 0 Å². The van der Waals surface area contributed by atoms with Crippen LogP contribution >= 0.6 is 22.9 Å². The zero-order valence-electron chi connectivity index (χ0n) is 11.0. The van der Waals surface area contributed by atoms with Gasteiger partial charge in [-0.1, -0.05) is 23.7 Å². The third-order valence-corrected chi connectivity index (χ3v) is 4.51. The van der Waals surface area contributed by atoms with Gasteiger partial charge in [0.05, 0.1) is 5.52 Å². The van der Waals surface area contributed by atoms with Crippen LogP contribution in [0.25, 0.3) is 10.9 Å². The number of hydrogen-bond donors (Lipinski definition) is 1. The molecule has 0 saturated heterocycles. The van der Waals surface area contributed by atoms with Crippen LogP contribution in [0.5, 0.6) is 0 Å². The Morgan fingerprint density at radius 2 is 2.10 bits per heavy atom. The molecule has 3 rings (SSSR count). The van der Waals surface area contributed by atoms with Gasteiger partial charge in [-0.05, 0) is 41.6 Å². The first-order valence-corrected chi connectivity index (χ1v) is 7.85. The van der Waals surface area contributed by atoms with E-state index in [1.54, 1.807) is 11.3 Å². The Morgan fingerprint density at radius 3 is 2.95 bits per heavy atom. The maximum atomic E-state index is 6.20. The third-order valence-electron chi connectivity index (χ3n) is 3.24. The minimum Gasteiger partial charge on any atom is -0.312 e. The molecule has 0 amide bonds. The van der Waals surface area contributed by atoms with Gasteiger partial charge in [-0.2, -0.15) is 0 Å². The first kappa shape index (κ1) is 13.6. The lowest BCUT2D eigenvalue weighted by Crippen LogP contribution is -2.16. The topological polar surface area (TPSA) is 24.9 Å². The summed E-state index contributed by atoms with van der Waals surface area (Å²) in [7, 11) is 0. The summed E-state index contributed by atoms with van der Waals surface area (Å²) in [6, 6.07) is 12.2. The number of pyridine rings is 1. The summed E-state index contributed by atoms with van der Waals surface area (Å²) in [5.41, 5.74) is 2.18. The second kappa shape index (κ2) is 6.35. The van der Waals surface area contributed by atoms with Crippen LogP contribution in [0.3, 0.4) is 0 Å². The molecule has 20 heavy (non-hydrogen) atoms. The summed E-state index contributed by atoms with van der Waals surface area (Å²) < 4.78 is 0. The SMILES string of the molecule is Clc1ccc(CNCCc2cccs2)c2ncccc12. The van der Waals surface area contributed by atoms with E-state index in [2.05, 4.69) is 33.9 Å². The van der Waals surface area contributed by atoms with Gasteiger partial charge in [0, 0.05) is 34.6 Å². The van der Waals surface area contributed by atoms with E-state index in [1.165, 1.54) is 10.4 Å². The molecule has 0 atom stereocenters. The van der Waals surface area contributed by atoms with Gasteiger partial charge in [0.1, 0.15) is 0 Å². The van der Waals surface area contributed by atoms with E-state index in [0.717, 1.165) is 35.4 Å². The van der Waals surface area contributed by atoms with Crippen LogP contribution in [-0.2, 0) is 13.0 Å². The maximum Gasteiger partial charge on any atom is 0.0761 e. The molecule has 0 aliphatic heterocycles. The van der Waals surface area contributed by atoms with Gasteiger partial charge in [-0.25, -0.2) is 0 Å². The van der Waals surface area contributed by atoms with Gasteiger partial charge >= 0.3 is 0 Å². The van der Waals surface area contributed by atoms with Crippen molar-refractivity contribution in [3.63, 3.8) is 0 Å². The highest BCUT2D eigenvalue weighted by Crippen LogP contribution is 2.24. The standard InChI is InChI=1S/C16H15ClN2S/c17-15-6-5-12(16-14(15)4-1-8-19-16)11-18-9-7-13-3-2-10-20-13/h1-6,8,10,18H,7,9,11H2. The van der Waals surface area contributed by atoms with Crippen LogP contribution < -0.4 is 5.32 Å². The molecule has 2 heterocycles. The minimum atomic E-state index is 0.760. The lowest BCUT2D eigenvalue weighted by atomic mass is 10.1. The molecule has 1 aromatic carbocycles. The maximum absolute atomic E-state index is 6.20. The average molecular weight is 303 g/mol. The Hall–Kier alpha value is -1.42. The molecule has 2 nitrogen and oxygen atoms in total. The molecule has 0 unspecified atom stereocenters. The number of halogens is 1. The van der Waals surface area contributed by atoms with Crippen molar-refractivity contribution in [2.45, 2.75) is 13.0 Å². The smallest absolute Gasteiger partial charge is 0.0761 e. The number of thiophene rings is 1. The normalized spacial score (nSPS) is 11.1. The van der Waals surface area contributed by atoms with Gasteiger partial charge in [-0.15, -0.1) is 11.3 Å². The van der Waals surface area contributed by atoms with Gasteiger partial charge < -0.3 is 5.32 Å². The molecule has 2 aromatic heterocycles. The van der Waals surface area contributed by atoms with Crippen LogP contribution in [0, 0.1) is 0 Å². The fourth-order valence-electron chi connectivity index (χ4n) is 2.23. The largest absolute Gasteiger partial charge is 0.312 e. The molecule has 0 aliphatic carbocycles. The number of benzene rings is 1. The number of hydrogen-bond acceptors (Lipinski definition) is 3. The Labute approximate surface area is 127 Å². The van der Waals surface area contributed by atoms with Crippen LogP contribution in [0.15, 0.2) is 48.0 Å². The highest BCUT2D eigenvalue weighted by Gasteiger charge is 2.05. The lowest BCUT2D eigenvalue weighted by Gasteiger charge is -2.08. The Bertz CT molecular complexity index is 695. The van der Waals surface area contributed by atoms with Crippen molar-refractivity contribution >= 4 is 33.8 Å². The molecule has 3 aromatic rings. The van der Waals surface area contributed by atoms with Crippen molar-refractivity contribution in [2.75, 3.05) is 6.54 Å². The summed E-state index contributed by atoms with van der Waals surface area (Å²) in [4.78, 5) is 5.86. The van der Waals surface area contributed by atoms with Gasteiger partial charge in [0.2, 0.25) is 0 Å². The summed E-state index contributed by atoms with van der Waals surface area (Å²) >= 11 is 8.00. The van der Waals surface area contributed by atoms with Crippen LogP contribution in [0.1, 0.15) is 10.4 Å². The minimum absolute atomic E-state index is 0.760. The molecule has 4 heteroatoms. The quantitative estimate of drug-likeness (QED) is 0.712. The van der Waals surface area contributed by atoms with Crippen molar-refractivity contribution in [1.29, 1.82) is 0 Å². The highest BCUT2D eigenvalue weighted by molar-refractivity contribution is 7.09. The van der Waals surface area contributed by atoms with Crippen molar-refractivity contribution in [3.8, 4) is 0 Å². The monoisotopic (exact) mass is 302 g/mol. The van der Waals surface area contributed by atoms with Crippen molar-refractivity contribution in [1.82, 2.24) is 10.3 Å². The van der Waals surface area contributed by atoms with E-state index in [4.69, 9.17) is 11.6 Å². The Morgan fingerprint density at radius 1 is 1.15 bits per heavy atom. The molecule has 0 saturated carbocycles. The average Bonchev–Trinajstić information content (AvgIpc) is 2.99. The molecule has 0 radical (unpaired) electrons. The fourth-order valence-corrected chi connectivity index (χ4v) is 3.15. The van der Waals surface area contributed by atoms with E-state index in [9.17, 15) is 0 Å². The van der Waals surface area contributed by atoms with Gasteiger partial charge in [0.25, 0.3) is 0 Å². The number of aromatic nitrogens is 1. The van der Waals surface area contributed by atoms with Crippen molar-refractivity contribution in [2.24, 2.45) is 0 Å². The van der Waals surface area contributed by atoms with Crippen molar-refractivity contribution in [3.05, 3.63) is 63.4 Å². The van der Waals surface area contributed by atoms with Gasteiger partial charge in [-0.3, -0.25) is 4.98 Å². The second-order valence-corrected chi connectivity index (χ2v) is 6.05. The van der Waals surface area contributed by atoms with Crippen molar-refractivity contribution < 1.29 is 0 Å². The van der Waals surface area contributed by atoms with E-state index in [-0.39, 0.29) is 0 Å². The molecule has 0 aliphatic rings. The third kappa shape index (κ3) is 3.01. The zero-order chi connectivity index (χ0) is 13.8. The number of fused-ring (bicyclic) bond motifs is 1. The fraction of sp³-hybridized carbons (Fsp3) is 0.188. The van der Waals surface area contributed by atoms with Gasteiger partial charge in [0.15, 0.2) is 0 Å². The first-order chi connectivity index (χ1) is 9.84. The van der Waals surface area contributed by atoms with Crippen LogP contribution in [-0.4, -0.2) is 11.5 Å². The van der Waals surface area contributed by atoms with Crippen LogP contribution in [0.2, 0.25) is 5.02 Å². The molecular formula is C16H15ClN2S. The molecular weight excluding hydrogens is 288 g/mol. The van der Waals surface area contributed by atoms with Crippen LogP contribution in [0.4, 0.5) is 0 Å². The first-order valence-electron chi connectivity index (χ1n) is 6.60. The van der Waals surface area contributed by atoms with E-state index in [1.807, 2.05) is 24.4 Å². The summed E-state index contributed by atoms with van der Waals surface area (Å²) in [5.74, 6) is 0. The summed E-state index contributed by atoms with van der Waals surface area (Å²) in [6.45, 7) is 1.79. The molecule has 0 spiro atoms. The summed E-state index contributed by atoms with van der Waals surface area (Å²) in [6.07, 6.45) is 2.88. The predicted octanol–water partition coefficient (Wildman–Crippen LogP) is 4.28. The molecule has 1 N–H and O–H groups in total.